The lowest BCUT2D eigenvalue weighted by molar-refractivity contribution is -0.139. The monoisotopic (exact) mass is 673 g/mol. The molecule has 13 nitrogen and oxygen atoms in total. The molecule has 2 aromatic rings. The van der Waals surface area contributed by atoms with Crippen LogP contribution in [0.5, 0.6) is 0 Å². The predicted octanol–water partition coefficient (Wildman–Crippen LogP) is 2.55. The van der Waals surface area contributed by atoms with Crippen molar-refractivity contribution >= 4 is 41.0 Å². The van der Waals surface area contributed by atoms with Gasteiger partial charge in [-0.25, -0.2) is 4.98 Å². The Kier molecular flexibility index (Phi) is 11.1. The van der Waals surface area contributed by atoms with Gasteiger partial charge in [0.2, 0.25) is 23.5 Å². The summed E-state index contributed by atoms with van der Waals surface area (Å²) in [6.07, 6.45) is 11.8. The SMILES string of the molecule is CC(C)(C)[C@H](NC(=O)[C@@H](NC(=O)c1cnccn1)C1CCCCC1)C(=O)N1C[C@@H](C(=O)NC(CC2CCC2)C(=O)C(N)=O)c2ccccc21. The first-order chi connectivity index (χ1) is 23.3. The Labute approximate surface area is 286 Å². The van der Waals surface area contributed by atoms with Gasteiger partial charge in [0.15, 0.2) is 0 Å². The minimum absolute atomic E-state index is 0.0250. The molecule has 5 rings (SSSR count). The first-order valence-corrected chi connectivity index (χ1v) is 17.3. The molecule has 2 aliphatic carbocycles. The molecule has 3 aliphatic rings. The van der Waals surface area contributed by atoms with Crippen molar-refractivity contribution < 1.29 is 28.8 Å². The van der Waals surface area contributed by atoms with Crippen LogP contribution in [-0.4, -0.2) is 70.0 Å². The number of nitrogens with two attached hydrogens (primary N) is 1. The van der Waals surface area contributed by atoms with Gasteiger partial charge in [0.05, 0.1) is 18.2 Å². The number of anilines is 1. The van der Waals surface area contributed by atoms with Crippen molar-refractivity contribution in [2.24, 2.45) is 23.0 Å². The van der Waals surface area contributed by atoms with Gasteiger partial charge in [-0.15, -0.1) is 0 Å². The third-order valence-corrected chi connectivity index (χ3v) is 10.1. The van der Waals surface area contributed by atoms with Crippen molar-refractivity contribution in [3.05, 3.63) is 54.1 Å². The molecule has 1 aromatic carbocycles. The fraction of sp³-hybridized carbons (Fsp3) is 0.556. The normalized spacial score (nSPS) is 19.8. The van der Waals surface area contributed by atoms with Gasteiger partial charge in [-0.1, -0.05) is 77.5 Å². The summed E-state index contributed by atoms with van der Waals surface area (Å²) < 4.78 is 0. The van der Waals surface area contributed by atoms with Gasteiger partial charge in [0.1, 0.15) is 17.8 Å². The van der Waals surface area contributed by atoms with Crippen LogP contribution in [-0.2, 0) is 24.0 Å². The molecule has 0 spiro atoms. The minimum Gasteiger partial charge on any atom is -0.363 e. The number of rotatable bonds is 12. The van der Waals surface area contributed by atoms with E-state index >= 15 is 0 Å². The predicted molar refractivity (Wildman–Crippen MR) is 181 cm³/mol. The van der Waals surface area contributed by atoms with Crippen molar-refractivity contribution in [3.8, 4) is 0 Å². The molecular formula is C36H47N7O6. The van der Waals surface area contributed by atoms with Gasteiger partial charge in [0, 0.05) is 24.6 Å². The number of hydrogen-bond donors (Lipinski definition) is 4. The molecule has 0 radical (unpaired) electrons. The molecule has 5 amide bonds. The number of amides is 5. The van der Waals surface area contributed by atoms with Gasteiger partial charge < -0.3 is 26.6 Å². The van der Waals surface area contributed by atoms with E-state index in [1.807, 2.05) is 20.8 Å². The molecule has 2 fully saturated rings. The number of nitrogens with one attached hydrogen (secondary N) is 3. The van der Waals surface area contributed by atoms with E-state index in [1.54, 1.807) is 24.3 Å². The van der Waals surface area contributed by atoms with E-state index in [0.29, 0.717) is 17.7 Å². The van der Waals surface area contributed by atoms with E-state index in [1.165, 1.54) is 23.5 Å². The molecule has 2 saturated carbocycles. The van der Waals surface area contributed by atoms with Crippen LogP contribution < -0.4 is 26.6 Å². The van der Waals surface area contributed by atoms with Crippen molar-refractivity contribution in [2.45, 2.75) is 103 Å². The van der Waals surface area contributed by atoms with Crippen LogP contribution in [0.3, 0.4) is 0 Å². The summed E-state index contributed by atoms with van der Waals surface area (Å²) in [7, 11) is 0. The highest BCUT2D eigenvalue weighted by molar-refractivity contribution is 6.37. The largest absolute Gasteiger partial charge is 0.363 e. The number of carbonyl (C=O) groups excluding carboxylic acids is 6. The van der Waals surface area contributed by atoms with E-state index in [9.17, 15) is 28.8 Å². The smallest absolute Gasteiger partial charge is 0.287 e. The Bertz CT molecular complexity index is 1560. The molecule has 13 heteroatoms. The zero-order chi connectivity index (χ0) is 35.3. The summed E-state index contributed by atoms with van der Waals surface area (Å²) >= 11 is 0. The number of fused-ring (bicyclic) bond motifs is 1. The van der Waals surface area contributed by atoms with E-state index < -0.39 is 64.8 Å². The number of hydrogen-bond acceptors (Lipinski definition) is 8. The highest BCUT2D eigenvalue weighted by atomic mass is 16.2. The number of ketones is 1. The molecule has 1 unspecified atom stereocenters. The Morgan fingerprint density at radius 1 is 0.918 bits per heavy atom. The summed E-state index contributed by atoms with van der Waals surface area (Å²) in [5.74, 6) is -4.54. The van der Waals surface area contributed by atoms with E-state index in [0.717, 1.165) is 51.4 Å². The summed E-state index contributed by atoms with van der Waals surface area (Å²) in [5.41, 5.74) is 5.77. The number of carbonyl (C=O) groups is 6. The summed E-state index contributed by atoms with van der Waals surface area (Å²) in [5, 5.41) is 8.62. The second-order valence-corrected chi connectivity index (χ2v) is 14.6. The zero-order valence-electron chi connectivity index (χ0n) is 28.4. The molecule has 0 saturated heterocycles. The number of primary amides is 1. The van der Waals surface area contributed by atoms with E-state index in [4.69, 9.17) is 5.73 Å². The van der Waals surface area contributed by atoms with Crippen LogP contribution in [0.15, 0.2) is 42.9 Å². The maximum absolute atomic E-state index is 14.5. The first-order valence-electron chi connectivity index (χ1n) is 17.3. The number of para-hydroxylation sites is 1. The number of Topliss-reactive ketones (excluding diaryl/α,β-unsaturated/α-hetero) is 1. The highest BCUT2D eigenvalue weighted by Crippen LogP contribution is 2.39. The standard InChI is InChI=1S/C36H47N7O6/c1-36(2,3)30(42-34(48)28(22-12-5-4-6-13-22)41-33(47)26-19-38-16-17-39-26)35(49)43-20-24(23-14-7-8-15-27(23)43)32(46)40-25(29(44)31(37)45)18-21-10-9-11-21/h7-8,14-17,19,21-22,24-25,28,30H,4-6,9-13,18,20H2,1-3H3,(H2,37,45)(H,40,46)(H,41,47)(H,42,48)/t24-,25?,28+,30-/m1/s1. The van der Waals surface area contributed by atoms with Crippen LogP contribution in [0.25, 0.3) is 0 Å². The van der Waals surface area contributed by atoms with Crippen LogP contribution >= 0.6 is 0 Å². The molecule has 1 aromatic heterocycles. The topological polar surface area (TPSA) is 194 Å². The molecule has 49 heavy (non-hydrogen) atoms. The minimum atomic E-state index is -1.10. The van der Waals surface area contributed by atoms with E-state index in [-0.39, 0.29) is 24.1 Å². The first kappa shape index (κ1) is 35.6. The Balaban J connectivity index is 1.36. The number of nitrogens with zero attached hydrogens (tertiary/aromatic N) is 3. The fourth-order valence-electron chi connectivity index (χ4n) is 7.11. The second kappa shape index (κ2) is 15.3. The van der Waals surface area contributed by atoms with E-state index in [2.05, 4.69) is 25.9 Å². The lowest BCUT2D eigenvalue weighted by Crippen LogP contribution is -2.60. The number of aromatic nitrogens is 2. The third kappa shape index (κ3) is 8.31. The maximum Gasteiger partial charge on any atom is 0.287 e. The molecule has 0 bridgehead atoms. The quantitative estimate of drug-likeness (QED) is 0.247. The Hall–Kier alpha value is -4.68. The Morgan fingerprint density at radius 2 is 1.63 bits per heavy atom. The fourth-order valence-corrected chi connectivity index (χ4v) is 7.11. The second-order valence-electron chi connectivity index (χ2n) is 14.6. The van der Waals surface area contributed by atoms with Gasteiger partial charge in [0.25, 0.3) is 11.8 Å². The van der Waals surface area contributed by atoms with Crippen LogP contribution in [0, 0.1) is 17.3 Å². The average Bonchev–Trinajstić information content (AvgIpc) is 3.46. The van der Waals surface area contributed by atoms with Crippen LogP contribution in [0.1, 0.15) is 101 Å². The van der Waals surface area contributed by atoms with Gasteiger partial charge in [-0.05, 0) is 48.1 Å². The molecule has 5 N–H and O–H groups in total. The summed E-state index contributed by atoms with van der Waals surface area (Å²) in [6.45, 7) is 5.51. The molecule has 262 valence electrons. The lowest BCUT2D eigenvalue weighted by atomic mass is 9.80. The van der Waals surface area contributed by atoms with Crippen LogP contribution in [0.2, 0.25) is 0 Å². The molecule has 1 aliphatic heterocycles. The molecule has 2 heterocycles. The van der Waals surface area contributed by atoms with Gasteiger partial charge in [-0.3, -0.25) is 33.8 Å². The van der Waals surface area contributed by atoms with Crippen molar-refractivity contribution in [1.29, 1.82) is 0 Å². The summed E-state index contributed by atoms with van der Waals surface area (Å²) in [4.78, 5) is 89.5. The van der Waals surface area contributed by atoms with Crippen molar-refractivity contribution in [1.82, 2.24) is 25.9 Å². The highest BCUT2D eigenvalue weighted by Gasteiger charge is 2.44. The molecule has 4 atom stereocenters. The lowest BCUT2D eigenvalue weighted by Gasteiger charge is -2.36. The molecular weight excluding hydrogens is 626 g/mol. The van der Waals surface area contributed by atoms with Crippen LogP contribution in [0.4, 0.5) is 5.69 Å². The Morgan fingerprint density at radius 3 is 2.24 bits per heavy atom. The van der Waals surface area contributed by atoms with Gasteiger partial charge in [-0.2, -0.15) is 0 Å². The van der Waals surface area contributed by atoms with Crippen molar-refractivity contribution in [2.75, 3.05) is 11.4 Å². The number of benzene rings is 1. The zero-order valence-corrected chi connectivity index (χ0v) is 28.4. The van der Waals surface area contributed by atoms with Gasteiger partial charge >= 0.3 is 0 Å². The maximum atomic E-state index is 14.5. The third-order valence-electron chi connectivity index (χ3n) is 10.1. The average molecular weight is 674 g/mol. The van der Waals surface area contributed by atoms with Crippen molar-refractivity contribution in [3.63, 3.8) is 0 Å². The summed E-state index contributed by atoms with van der Waals surface area (Å²) in [6, 6.07) is 4.09.